The molecule has 0 saturated heterocycles. The summed E-state index contributed by atoms with van der Waals surface area (Å²) in [5, 5.41) is 10.4. The zero-order chi connectivity index (χ0) is 19.4. The van der Waals surface area contributed by atoms with Crippen LogP contribution in [-0.4, -0.2) is 30.6 Å². The van der Waals surface area contributed by atoms with Gasteiger partial charge in [0.25, 0.3) is 0 Å². The van der Waals surface area contributed by atoms with Crippen LogP contribution in [0.5, 0.6) is 0 Å². The molecule has 4 rings (SSSR count). The summed E-state index contributed by atoms with van der Waals surface area (Å²) >= 11 is 0. The number of aliphatic hydroxyl groups excluding tert-OH is 1. The van der Waals surface area contributed by atoms with Crippen LogP contribution < -0.4 is 0 Å². The van der Waals surface area contributed by atoms with E-state index in [2.05, 4.69) is 32.9 Å². The smallest absolute Gasteiger partial charge is 0.438 e. The van der Waals surface area contributed by atoms with Gasteiger partial charge in [0.15, 0.2) is 0 Å². The Kier molecular flexibility index (Phi) is 4.69. The molecule has 0 unspecified atom stereocenters. The summed E-state index contributed by atoms with van der Waals surface area (Å²) in [5.74, 6) is 1.85. The maximum Gasteiger partial charge on any atom is 0.508 e. The van der Waals surface area contributed by atoms with E-state index in [0.717, 1.165) is 12.3 Å². The summed E-state index contributed by atoms with van der Waals surface area (Å²) in [6.07, 6.45) is 10.6. The van der Waals surface area contributed by atoms with Gasteiger partial charge in [-0.05, 0) is 55.3 Å². The first-order chi connectivity index (χ1) is 12.8. The fourth-order valence-corrected chi connectivity index (χ4v) is 7.13. The Morgan fingerprint density at radius 3 is 2.70 bits per heavy atom. The van der Waals surface area contributed by atoms with Crippen LogP contribution in [0.3, 0.4) is 0 Å². The van der Waals surface area contributed by atoms with Crippen molar-refractivity contribution in [3.63, 3.8) is 0 Å². The molecule has 0 bridgehead atoms. The van der Waals surface area contributed by atoms with E-state index in [4.69, 9.17) is 9.47 Å². The van der Waals surface area contributed by atoms with Gasteiger partial charge in [0.05, 0.1) is 13.2 Å². The van der Waals surface area contributed by atoms with E-state index in [1.54, 1.807) is 5.57 Å². The van der Waals surface area contributed by atoms with Crippen molar-refractivity contribution in [1.29, 1.82) is 0 Å². The van der Waals surface area contributed by atoms with Gasteiger partial charge in [-0.15, -0.1) is 0 Å². The molecule has 27 heavy (non-hydrogen) atoms. The summed E-state index contributed by atoms with van der Waals surface area (Å²) in [6.45, 7) is 7.09. The van der Waals surface area contributed by atoms with Gasteiger partial charge in [-0.3, -0.25) is 0 Å². The lowest BCUT2D eigenvalue weighted by molar-refractivity contribution is -0.0754. The molecular formula is C23H34O4. The first kappa shape index (κ1) is 19.0. The summed E-state index contributed by atoms with van der Waals surface area (Å²) in [7, 11) is 1.35. The normalized spacial score (nSPS) is 45.7. The number of allylic oxidation sites excluding steroid dienone is 3. The number of carbonyl (C=O) groups is 1. The molecule has 4 aliphatic rings. The lowest BCUT2D eigenvalue weighted by Crippen LogP contribution is -2.53. The Morgan fingerprint density at radius 2 is 2.00 bits per heavy atom. The molecule has 1 N–H and O–H groups in total. The molecule has 3 fully saturated rings. The third kappa shape index (κ3) is 2.70. The van der Waals surface area contributed by atoms with Gasteiger partial charge in [0.2, 0.25) is 0 Å². The van der Waals surface area contributed by atoms with E-state index >= 15 is 0 Å². The first-order valence-electron chi connectivity index (χ1n) is 10.7. The van der Waals surface area contributed by atoms with Crippen molar-refractivity contribution in [2.24, 2.45) is 28.6 Å². The number of methoxy groups -OCH3 is 1. The number of aliphatic hydroxyl groups is 1. The lowest BCUT2D eigenvalue weighted by Gasteiger charge is -2.56. The van der Waals surface area contributed by atoms with E-state index in [0.29, 0.717) is 30.1 Å². The minimum atomic E-state index is -0.640. The quantitative estimate of drug-likeness (QED) is 0.690. The van der Waals surface area contributed by atoms with Gasteiger partial charge in [-0.2, -0.15) is 0 Å². The SMILES string of the molecule is CC[C@H]1CC[C@H]2C3=CC=C4C[C@@H](O)C[C@H](OC(=O)OC)[C@]4(C)[C@H]3CC[C@]12C. The van der Waals surface area contributed by atoms with Gasteiger partial charge < -0.3 is 14.6 Å². The summed E-state index contributed by atoms with van der Waals surface area (Å²) in [6, 6.07) is 0. The lowest BCUT2D eigenvalue weighted by atomic mass is 9.49. The Balaban J connectivity index is 1.71. The van der Waals surface area contributed by atoms with Crippen molar-refractivity contribution in [2.75, 3.05) is 7.11 Å². The molecule has 0 heterocycles. The molecule has 4 heteroatoms. The largest absolute Gasteiger partial charge is 0.508 e. The standard InChI is InChI=1S/C23H34O4/c1-5-14-7-9-18-17-8-6-15-12-16(24)13-20(27-21(25)26-4)23(15,3)19(17)10-11-22(14,18)2/h6,8,14,16,18-20,24H,5,7,9-13H2,1-4H3/t14-,16+,18-,19-,20-,22+,23-/m0/s1. The molecule has 0 aliphatic heterocycles. The molecule has 0 spiro atoms. The van der Waals surface area contributed by atoms with Gasteiger partial charge in [0, 0.05) is 11.8 Å². The molecule has 0 amide bonds. The highest BCUT2D eigenvalue weighted by molar-refractivity contribution is 5.60. The van der Waals surface area contributed by atoms with E-state index in [-0.39, 0.29) is 11.5 Å². The second kappa shape index (κ2) is 6.65. The van der Waals surface area contributed by atoms with Gasteiger partial charge in [0.1, 0.15) is 6.10 Å². The molecule has 0 aromatic carbocycles. The molecule has 4 aliphatic carbocycles. The fourth-order valence-electron chi connectivity index (χ4n) is 7.13. The van der Waals surface area contributed by atoms with Gasteiger partial charge in [-0.1, -0.05) is 50.5 Å². The number of hydrogen-bond acceptors (Lipinski definition) is 4. The maximum atomic E-state index is 11.9. The first-order valence-corrected chi connectivity index (χ1v) is 10.7. The Hall–Kier alpha value is -1.29. The molecule has 150 valence electrons. The summed E-state index contributed by atoms with van der Waals surface area (Å²) < 4.78 is 10.5. The van der Waals surface area contributed by atoms with Crippen LogP contribution in [0, 0.1) is 28.6 Å². The van der Waals surface area contributed by atoms with Crippen LogP contribution in [0.25, 0.3) is 0 Å². The number of ether oxygens (including phenoxy) is 2. The van der Waals surface area contributed by atoms with Crippen molar-refractivity contribution in [3.05, 3.63) is 23.3 Å². The Bertz CT molecular complexity index is 680. The summed E-state index contributed by atoms with van der Waals surface area (Å²) in [5.41, 5.74) is 2.98. The minimum absolute atomic E-state index is 0.233. The van der Waals surface area contributed by atoms with Crippen molar-refractivity contribution < 1.29 is 19.4 Å². The fraction of sp³-hybridized carbons (Fsp3) is 0.783. The maximum absolute atomic E-state index is 11.9. The zero-order valence-electron chi connectivity index (χ0n) is 17.2. The highest BCUT2D eigenvalue weighted by Gasteiger charge is 2.59. The average molecular weight is 375 g/mol. The highest BCUT2D eigenvalue weighted by atomic mass is 16.7. The number of rotatable bonds is 2. The van der Waals surface area contributed by atoms with Crippen LogP contribution in [0.4, 0.5) is 4.79 Å². The molecule has 7 atom stereocenters. The average Bonchev–Trinajstić information content (AvgIpc) is 2.99. The van der Waals surface area contributed by atoms with Crippen LogP contribution >= 0.6 is 0 Å². The van der Waals surface area contributed by atoms with Crippen molar-refractivity contribution in [1.82, 2.24) is 0 Å². The monoisotopic (exact) mass is 374 g/mol. The Labute approximate surface area is 163 Å². The predicted octanol–water partition coefficient (Wildman–Crippen LogP) is 5.02. The van der Waals surface area contributed by atoms with Crippen LogP contribution in [-0.2, 0) is 9.47 Å². The molecule has 0 radical (unpaired) electrons. The van der Waals surface area contributed by atoms with Crippen LogP contribution in [0.1, 0.15) is 65.7 Å². The third-order valence-electron chi connectivity index (χ3n) is 8.71. The molecule has 3 saturated carbocycles. The second-order valence-electron chi connectivity index (χ2n) is 9.63. The van der Waals surface area contributed by atoms with E-state index in [9.17, 15) is 9.90 Å². The third-order valence-corrected chi connectivity index (χ3v) is 8.71. The van der Waals surface area contributed by atoms with E-state index in [1.807, 2.05) is 0 Å². The molecule has 0 aromatic rings. The molecule has 0 aromatic heterocycles. The number of fused-ring (bicyclic) bond motifs is 5. The highest BCUT2D eigenvalue weighted by Crippen LogP contribution is 2.65. The van der Waals surface area contributed by atoms with Crippen LogP contribution in [0.15, 0.2) is 23.3 Å². The molecule has 4 nitrogen and oxygen atoms in total. The predicted molar refractivity (Wildman–Crippen MR) is 104 cm³/mol. The van der Waals surface area contributed by atoms with E-state index in [1.165, 1.54) is 38.4 Å². The van der Waals surface area contributed by atoms with E-state index < -0.39 is 12.3 Å². The van der Waals surface area contributed by atoms with Crippen LogP contribution in [0.2, 0.25) is 0 Å². The molecular weight excluding hydrogens is 340 g/mol. The summed E-state index contributed by atoms with van der Waals surface area (Å²) in [4.78, 5) is 11.9. The van der Waals surface area contributed by atoms with Crippen molar-refractivity contribution in [3.8, 4) is 0 Å². The second-order valence-corrected chi connectivity index (χ2v) is 9.63. The van der Waals surface area contributed by atoms with Gasteiger partial charge >= 0.3 is 6.16 Å². The van der Waals surface area contributed by atoms with Crippen molar-refractivity contribution >= 4 is 6.16 Å². The minimum Gasteiger partial charge on any atom is -0.438 e. The number of hydrogen-bond donors (Lipinski definition) is 1. The Morgan fingerprint density at radius 1 is 1.22 bits per heavy atom. The number of carbonyl (C=O) groups excluding carboxylic acids is 1. The topological polar surface area (TPSA) is 55.8 Å². The van der Waals surface area contributed by atoms with Crippen molar-refractivity contribution in [2.45, 2.75) is 77.9 Å². The van der Waals surface area contributed by atoms with Gasteiger partial charge in [-0.25, -0.2) is 4.79 Å². The zero-order valence-corrected chi connectivity index (χ0v) is 17.2.